The molecule has 0 bridgehead atoms. The third-order valence-corrected chi connectivity index (χ3v) is 8.56. The molecule has 0 aromatic heterocycles. The number of hydrogen-bond donors (Lipinski definition) is 0. The molecular weight excluding hydrogens is 578 g/mol. The van der Waals surface area contributed by atoms with E-state index in [-0.39, 0.29) is 0 Å². The summed E-state index contributed by atoms with van der Waals surface area (Å²) in [6.07, 6.45) is 0. The van der Waals surface area contributed by atoms with Crippen molar-refractivity contribution in [1.29, 1.82) is 0 Å². The maximum absolute atomic E-state index is 6.41. The van der Waals surface area contributed by atoms with Gasteiger partial charge in [0.1, 0.15) is 0 Å². The molecule has 9 rings (SSSR count). The molecule has 0 radical (unpaired) electrons. The van der Waals surface area contributed by atoms with Gasteiger partial charge >= 0.3 is 0 Å². The average molecular weight is 608 g/mol. The van der Waals surface area contributed by atoms with E-state index in [1.165, 1.54) is 0 Å². The summed E-state index contributed by atoms with van der Waals surface area (Å²) in [6.45, 7) is 0. The summed E-state index contributed by atoms with van der Waals surface area (Å²) in [4.78, 5) is 6.91. The van der Waals surface area contributed by atoms with Crippen LogP contribution in [0.15, 0.2) is 176 Å². The number of hydrogen-bond acceptors (Lipinski definition) is 5. The Bertz CT molecular complexity index is 1990. The standard InChI is InChI=1S/C42H29N3O2/c1-3-15-30(16-4-1)43(31-17-5-2-6-18-31)32-27-33(44-35-19-7-11-23-39(35)46-40-24-12-8-20-36(40)44)29-34(28-32)45-37-21-9-13-25-41(37)47-42-26-14-10-22-38(42)45/h1-29H. The van der Waals surface area contributed by atoms with Crippen molar-refractivity contribution in [3.63, 3.8) is 0 Å². The first-order valence-corrected chi connectivity index (χ1v) is 15.7. The number of benzene rings is 7. The Morgan fingerprint density at radius 3 is 1.00 bits per heavy atom. The molecule has 2 aliphatic rings. The second-order valence-corrected chi connectivity index (χ2v) is 11.5. The number of ether oxygens (including phenoxy) is 2. The average Bonchev–Trinajstić information content (AvgIpc) is 3.13. The lowest BCUT2D eigenvalue weighted by Crippen LogP contribution is -2.19. The van der Waals surface area contributed by atoms with Crippen molar-refractivity contribution < 1.29 is 9.47 Å². The van der Waals surface area contributed by atoms with Crippen LogP contribution in [0.4, 0.5) is 51.2 Å². The molecule has 224 valence electrons. The molecule has 47 heavy (non-hydrogen) atoms. The van der Waals surface area contributed by atoms with Gasteiger partial charge in [-0.2, -0.15) is 0 Å². The maximum atomic E-state index is 6.41. The fourth-order valence-corrected chi connectivity index (χ4v) is 6.53. The van der Waals surface area contributed by atoms with Crippen LogP contribution in [0.1, 0.15) is 0 Å². The van der Waals surface area contributed by atoms with Gasteiger partial charge < -0.3 is 24.2 Å². The van der Waals surface area contributed by atoms with E-state index in [0.29, 0.717) is 0 Å². The summed E-state index contributed by atoms with van der Waals surface area (Å²) in [5, 5.41) is 0. The van der Waals surface area contributed by atoms with E-state index in [9.17, 15) is 0 Å². The van der Waals surface area contributed by atoms with Crippen LogP contribution < -0.4 is 24.2 Å². The van der Waals surface area contributed by atoms with E-state index < -0.39 is 0 Å². The van der Waals surface area contributed by atoms with Gasteiger partial charge in [-0.3, -0.25) is 0 Å². The van der Waals surface area contributed by atoms with Gasteiger partial charge in [0.05, 0.1) is 39.8 Å². The molecule has 5 nitrogen and oxygen atoms in total. The monoisotopic (exact) mass is 607 g/mol. The molecule has 0 atom stereocenters. The third kappa shape index (κ3) is 4.64. The minimum atomic E-state index is 0.809. The SMILES string of the molecule is c1ccc(N(c2ccccc2)c2cc(N3c4ccccc4Oc4ccccc43)cc(N3c4ccccc4Oc4ccccc43)c2)cc1. The molecule has 0 saturated carbocycles. The maximum Gasteiger partial charge on any atom is 0.151 e. The quantitative estimate of drug-likeness (QED) is 0.194. The molecule has 0 N–H and O–H groups in total. The van der Waals surface area contributed by atoms with E-state index in [1.54, 1.807) is 0 Å². The Kier molecular flexibility index (Phi) is 6.39. The van der Waals surface area contributed by atoms with Gasteiger partial charge in [0.25, 0.3) is 0 Å². The van der Waals surface area contributed by atoms with Gasteiger partial charge in [-0.05, 0) is 91.0 Å². The van der Waals surface area contributed by atoms with Crippen molar-refractivity contribution in [3.05, 3.63) is 176 Å². The molecule has 0 fully saturated rings. The second kappa shape index (κ2) is 11.2. The molecular formula is C42H29N3O2. The van der Waals surface area contributed by atoms with E-state index in [2.05, 4.69) is 142 Å². The Balaban J connectivity index is 1.34. The summed E-state index contributed by atoms with van der Waals surface area (Å²) >= 11 is 0. The van der Waals surface area contributed by atoms with E-state index in [4.69, 9.17) is 9.47 Å². The van der Waals surface area contributed by atoms with E-state index in [0.717, 1.165) is 74.2 Å². The number of fused-ring (bicyclic) bond motifs is 4. The predicted molar refractivity (Wildman–Crippen MR) is 191 cm³/mol. The van der Waals surface area contributed by atoms with Crippen molar-refractivity contribution in [2.45, 2.75) is 0 Å². The summed E-state index contributed by atoms with van der Waals surface area (Å²) in [7, 11) is 0. The molecule has 7 aromatic rings. The Hall–Kier alpha value is -6.46. The van der Waals surface area contributed by atoms with Crippen molar-refractivity contribution in [2.75, 3.05) is 14.7 Å². The lowest BCUT2D eigenvalue weighted by Gasteiger charge is -2.37. The summed E-state index contributed by atoms with van der Waals surface area (Å²) in [5.41, 5.74) is 9.03. The first-order valence-electron chi connectivity index (χ1n) is 15.7. The molecule has 2 aliphatic heterocycles. The fourth-order valence-electron chi connectivity index (χ4n) is 6.53. The summed E-state index contributed by atoms with van der Waals surface area (Å²) in [5.74, 6) is 3.23. The second-order valence-electron chi connectivity index (χ2n) is 11.5. The van der Waals surface area contributed by atoms with Crippen molar-refractivity contribution in [3.8, 4) is 23.0 Å². The van der Waals surface area contributed by atoms with Crippen LogP contribution in [0.3, 0.4) is 0 Å². The van der Waals surface area contributed by atoms with Gasteiger partial charge in [-0.1, -0.05) is 84.9 Å². The zero-order valence-corrected chi connectivity index (χ0v) is 25.4. The number of para-hydroxylation sites is 10. The minimum Gasteiger partial charge on any atom is -0.453 e. The third-order valence-electron chi connectivity index (χ3n) is 8.56. The normalized spacial score (nSPS) is 12.5. The van der Waals surface area contributed by atoms with Gasteiger partial charge in [0.2, 0.25) is 0 Å². The lowest BCUT2D eigenvalue weighted by atomic mass is 10.1. The summed E-state index contributed by atoms with van der Waals surface area (Å²) < 4.78 is 12.8. The first kappa shape index (κ1) is 26.9. The Morgan fingerprint density at radius 2 is 0.638 bits per heavy atom. The molecule has 5 heteroatoms. The number of anilines is 9. The van der Waals surface area contributed by atoms with Crippen LogP contribution in [0.25, 0.3) is 0 Å². The van der Waals surface area contributed by atoms with Crippen LogP contribution in [0.5, 0.6) is 23.0 Å². The predicted octanol–water partition coefficient (Wildman–Crippen LogP) is 12.3. The largest absolute Gasteiger partial charge is 0.453 e. The van der Waals surface area contributed by atoms with Gasteiger partial charge in [-0.25, -0.2) is 0 Å². The molecule has 0 spiro atoms. The van der Waals surface area contributed by atoms with Crippen LogP contribution in [-0.2, 0) is 0 Å². The Labute approximate surface area is 273 Å². The van der Waals surface area contributed by atoms with E-state index >= 15 is 0 Å². The van der Waals surface area contributed by atoms with Gasteiger partial charge in [0, 0.05) is 11.4 Å². The fraction of sp³-hybridized carbons (Fsp3) is 0. The topological polar surface area (TPSA) is 28.2 Å². The number of rotatable bonds is 5. The highest BCUT2D eigenvalue weighted by molar-refractivity contribution is 5.94. The van der Waals surface area contributed by atoms with Crippen LogP contribution in [0, 0.1) is 0 Å². The van der Waals surface area contributed by atoms with Gasteiger partial charge in [-0.15, -0.1) is 0 Å². The molecule has 7 aromatic carbocycles. The van der Waals surface area contributed by atoms with Gasteiger partial charge in [0.15, 0.2) is 23.0 Å². The molecule has 0 unspecified atom stereocenters. The molecule has 0 aliphatic carbocycles. The lowest BCUT2D eigenvalue weighted by molar-refractivity contribution is 0.477. The summed E-state index contributed by atoms with van der Waals surface area (Å²) in [6, 6.07) is 60.7. The van der Waals surface area contributed by atoms with Crippen LogP contribution in [-0.4, -0.2) is 0 Å². The Morgan fingerprint density at radius 1 is 0.319 bits per heavy atom. The van der Waals surface area contributed by atoms with E-state index in [1.807, 2.05) is 48.5 Å². The minimum absolute atomic E-state index is 0.809. The van der Waals surface area contributed by atoms with Crippen molar-refractivity contribution in [1.82, 2.24) is 0 Å². The zero-order chi connectivity index (χ0) is 31.2. The first-order chi connectivity index (χ1) is 23.3. The molecule has 2 heterocycles. The number of nitrogens with zero attached hydrogens (tertiary/aromatic N) is 3. The molecule has 0 saturated heterocycles. The molecule has 0 amide bonds. The van der Waals surface area contributed by atoms with Crippen molar-refractivity contribution in [2.24, 2.45) is 0 Å². The highest BCUT2D eigenvalue weighted by atomic mass is 16.5. The van der Waals surface area contributed by atoms with Crippen molar-refractivity contribution >= 4 is 51.2 Å². The highest BCUT2D eigenvalue weighted by Gasteiger charge is 2.30. The zero-order valence-electron chi connectivity index (χ0n) is 25.4. The smallest absolute Gasteiger partial charge is 0.151 e. The van der Waals surface area contributed by atoms with Crippen LogP contribution in [0.2, 0.25) is 0 Å². The van der Waals surface area contributed by atoms with Crippen LogP contribution >= 0.6 is 0 Å². The highest BCUT2D eigenvalue weighted by Crippen LogP contribution is 2.55.